The van der Waals surface area contributed by atoms with Crippen LogP contribution in [0.25, 0.3) is 0 Å². The van der Waals surface area contributed by atoms with Crippen LogP contribution in [0.4, 0.5) is 0 Å². The largest absolute Gasteiger partial charge is 1.00 e. The molecule has 0 amide bonds. The molecule has 0 aliphatic rings. The van der Waals surface area contributed by atoms with E-state index in [1.165, 1.54) is 77.7 Å². The van der Waals surface area contributed by atoms with Crippen LogP contribution in [0.3, 0.4) is 0 Å². The molecule has 4 heteroatoms. The summed E-state index contributed by atoms with van der Waals surface area (Å²) in [6.45, 7) is 2.26. The molecule has 0 radical (unpaired) electrons. The van der Waals surface area contributed by atoms with Crippen molar-refractivity contribution in [2.75, 3.05) is 7.11 Å². The Morgan fingerprint density at radius 2 is 1.29 bits per heavy atom. The van der Waals surface area contributed by atoms with Crippen LogP contribution in [0.15, 0.2) is 0 Å². The molecule has 0 aromatic carbocycles. The zero-order valence-corrected chi connectivity index (χ0v) is 16.7. The molecule has 0 rings (SSSR count). The number of unbranched alkanes of at least 4 members (excludes halogenated alkanes) is 11. The average molecular weight is 309 g/mol. The van der Waals surface area contributed by atoms with Gasteiger partial charge in [-0.2, -0.15) is 0 Å². The van der Waals surface area contributed by atoms with Crippen molar-refractivity contribution in [1.29, 1.82) is 0 Å². The third-order valence-electron chi connectivity index (χ3n) is 3.87. The fourth-order valence-corrected chi connectivity index (χ4v) is 2.47. The summed E-state index contributed by atoms with van der Waals surface area (Å²) >= 11 is 0. The number of hydrogen-bond acceptors (Lipinski definition) is 3. The van der Waals surface area contributed by atoms with Gasteiger partial charge in [-0.25, -0.2) is 0 Å². The van der Waals surface area contributed by atoms with Crippen LogP contribution in [-0.2, 0) is 9.53 Å². The van der Waals surface area contributed by atoms with Crippen molar-refractivity contribution in [3.05, 3.63) is 0 Å². The minimum atomic E-state index is -0.428. The van der Waals surface area contributed by atoms with Crippen molar-refractivity contribution in [1.82, 2.24) is 0 Å². The number of carbonyl (C=O) groups excluding carboxylic acids is 1. The van der Waals surface area contributed by atoms with Crippen LogP contribution in [0, 0.1) is 0 Å². The predicted molar refractivity (Wildman–Crippen MR) is 86.8 cm³/mol. The number of nitrogens with two attached hydrogens (primary N) is 1. The average Bonchev–Trinajstić information content (AvgIpc) is 2.47. The van der Waals surface area contributed by atoms with E-state index < -0.39 is 6.04 Å². The summed E-state index contributed by atoms with van der Waals surface area (Å²) in [4.78, 5) is 11.1. The first-order chi connectivity index (χ1) is 9.72. The molecule has 0 aliphatic carbocycles. The maximum Gasteiger partial charge on any atom is 1.00 e. The van der Waals surface area contributed by atoms with Gasteiger partial charge in [0.2, 0.25) is 0 Å². The van der Waals surface area contributed by atoms with E-state index in [1.54, 1.807) is 0 Å². The van der Waals surface area contributed by atoms with Gasteiger partial charge in [-0.1, -0.05) is 84.0 Å². The summed E-state index contributed by atoms with van der Waals surface area (Å²) < 4.78 is 4.61. The van der Waals surface area contributed by atoms with Crippen LogP contribution in [0.2, 0.25) is 0 Å². The first kappa shape index (κ1) is 23.7. The second kappa shape index (κ2) is 18.5. The van der Waals surface area contributed by atoms with Crippen LogP contribution < -0.4 is 35.3 Å². The molecule has 0 aromatic rings. The third kappa shape index (κ3) is 16.6. The molecular weight excluding hydrogens is 273 g/mol. The number of hydrogen-bond donors (Lipinski definition) is 1. The molecule has 122 valence electrons. The summed E-state index contributed by atoms with van der Waals surface area (Å²) in [6, 6.07) is -0.428. The first-order valence-corrected chi connectivity index (χ1v) is 8.55. The maximum absolute atomic E-state index is 11.1. The fraction of sp³-hybridized carbons (Fsp3) is 0.941. The monoisotopic (exact) mass is 309 g/mol. The van der Waals surface area contributed by atoms with Gasteiger partial charge in [-0.05, 0) is 6.42 Å². The van der Waals surface area contributed by atoms with Crippen LogP contribution in [0.5, 0.6) is 0 Å². The molecule has 0 saturated heterocycles. The topological polar surface area (TPSA) is 52.3 Å². The van der Waals surface area contributed by atoms with Crippen LogP contribution in [-0.4, -0.2) is 19.1 Å². The van der Waals surface area contributed by atoms with Gasteiger partial charge >= 0.3 is 35.5 Å². The maximum atomic E-state index is 11.1. The molecule has 0 fully saturated rings. The Bertz CT molecular complexity index is 231. The molecule has 21 heavy (non-hydrogen) atoms. The Labute approximate surface area is 155 Å². The number of methoxy groups -OCH3 is 1. The van der Waals surface area contributed by atoms with Crippen molar-refractivity contribution in [3.8, 4) is 0 Å². The van der Waals surface area contributed by atoms with Crippen LogP contribution in [0.1, 0.15) is 91.8 Å². The van der Waals surface area contributed by atoms with Gasteiger partial charge in [0.15, 0.2) is 0 Å². The molecular formula is C17H36NNaO2. The quantitative estimate of drug-likeness (QED) is 0.302. The van der Waals surface area contributed by atoms with Gasteiger partial charge in [0.1, 0.15) is 6.04 Å². The number of ether oxygens (including phenoxy) is 1. The molecule has 1 unspecified atom stereocenters. The van der Waals surface area contributed by atoms with Crippen LogP contribution >= 0.6 is 0 Å². The summed E-state index contributed by atoms with van der Waals surface area (Å²) in [7, 11) is 1.39. The summed E-state index contributed by atoms with van der Waals surface area (Å²) in [6.07, 6.45) is 16.7. The van der Waals surface area contributed by atoms with Gasteiger partial charge in [-0.15, -0.1) is 0 Å². The molecule has 0 aliphatic heterocycles. The SMILES string of the molecule is CCCCCCCCCCCCCCC(N)C(=O)OC.[H-].[Na+]. The molecule has 0 saturated carbocycles. The molecule has 0 heterocycles. The molecule has 2 N–H and O–H groups in total. The van der Waals surface area contributed by atoms with Gasteiger partial charge < -0.3 is 11.9 Å². The molecule has 0 spiro atoms. The zero-order valence-electron chi connectivity index (χ0n) is 15.7. The molecule has 1 atom stereocenters. The second-order valence-corrected chi connectivity index (χ2v) is 5.81. The smallest absolute Gasteiger partial charge is 1.00 e. The van der Waals surface area contributed by atoms with Gasteiger partial charge in [-0.3, -0.25) is 4.79 Å². The van der Waals surface area contributed by atoms with E-state index in [-0.39, 0.29) is 37.0 Å². The number of esters is 1. The Balaban J connectivity index is -0.00000180. The summed E-state index contributed by atoms with van der Waals surface area (Å²) in [5.74, 6) is -0.284. The second-order valence-electron chi connectivity index (χ2n) is 5.81. The standard InChI is InChI=1S/C17H35NO2.Na.H/c1-3-4-5-6-7-8-9-10-11-12-13-14-15-16(18)17(19)20-2;;/h16H,3-15,18H2,1-2H3;;/q;+1;-1. The van der Waals surface area contributed by atoms with Crippen molar-refractivity contribution in [3.63, 3.8) is 0 Å². The van der Waals surface area contributed by atoms with Gasteiger partial charge in [0, 0.05) is 0 Å². The van der Waals surface area contributed by atoms with E-state index in [1.807, 2.05) is 0 Å². The van der Waals surface area contributed by atoms with E-state index in [9.17, 15) is 4.79 Å². The Hall–Kier alpha value is 0.430. The van der Waals surface area contributed by atoms with E-state index in [4.69, 9.17) is 5.73 Å². The summed E-state index contributed by atoms with van der Waals surface area (Å²) in [5, 5.41) is 0. The minimum Gasteiger partial charge on any atom is -1.00 e. The zero-order chi connectivity index (χ0) is 15.1. The predicted octanol–water partition coefficient (Wildman–Crippen LogP) is 1.69. The van der Waals surface area contributed by atoms with E-state index in [0.717, 1.165) is 12.8 Å². The number of carbonyl (C=O) groups is 1. The van der Waals surface area contributed by atoms with E-state index in [2.05, 4.69) is 11.7 Å². The molecule has 0 aromatic heterocycles. The van der Waals surface area contributed by atoms with Crippen molar-refractivity contribution in [2.24, 2.45) is 5.73 Å². The molecule has 0 bridgehead atoms. The third-order valence-corrected chi connectivity index (χ3v) is 3.87. The van der Waals surface area contributed by atoms with Gasteiger partial charge in [0.05, 0.1) is 7.11 Å². The van der Waals surface area contributed by atoms with Crippen molar-refractivity contribution >= 4 is 5.97 Å². The number of rotatable bonds is 14. The fourth-order valence-electron chi connectivity index (χ4n) is 2.47. The normalized spacial score (nSPS) is 11.8. The van der Waals surface area contributed by atoms with E-state index >= 15 is 0 Å². The van der Waals surface area contributed by atoms with E-state index in [0.29, 0.717) is 0 Å². The van der Waals surface area contributed by atoms with Crippen molar-refractivity contribution < 1.29 is 40.5 Å². The van der Waals surface area contributed by atoms with Crippen molar-refractivity contribution in [2.45, 2.75) is 96.4 Å². The minimum absolute atomic E-state index is 0. The Morgan fingerprint density at radius 3 is 1.67 bits per heavy atom. The summed E-state index contributed by atoms with van der Waals surface area (Å²) in [5.41, 5.74) is 5.68. The Morgan fingerprint density at radius 1 is 0.905 bits per heavy atom. The van der Waals surface area contributed by atoms with Gasteiger partial charge in [0.25, 0.3) is 0 Å². The first-order valence-electron chi connectivity index (χ1n) is 8.55. The molecule has 3 nitrogen and oxygen atoms in total. The Kier molecular flexibility index (Phi) is 20.8.